The topological polar surface area (TPSA) is 30.0 Å². The number of halogens is 2. The summed E-state index contributed by atoms with van der Waals surface area (Å²) in [5.41, 5.74) is 1.26. The SMILES string of the molecule is O=[C-]c1cnc(Cl)cc1CBr.[CH3-].[U+3]. The van der Waals surface area contributed by atoms with Gasteiger partial charge in [-0.2, -0.15) is 0 Å². The summed E-state index contributed by atoms with van der Waals surface area (Å²) in [4.78, 5) is 14.0. The second kappa shape index (κ2) is 7.99. The fourth-order valence-corrected chi connectivity index (χ4v) is 1.31. The first-order valence-electron chi connectivity index (χ1n) is 2.86. The van der Waals surface area contributed by atoms with Crippen LogP contribution in [0.1, 0.15) is 11.1 Å². The van der Waals surface area contributed by atoms with Gasteiger partial charge >= 0.3 is 31.1 Å². The van der Waals surface area contributed by atoms with Gasteiger partial charge in [0.05, 0.1) is 6.29 Å². The Hall–Kier alpha value is 0.642. The van der Waals surface area contributed by atoms with E-state index in [2.05, 4.69) is 20.9 Å². The van der Waals surface area contributed by atoms with Gasteiger partial charge in [0.1, 0.15) is 5.15 Å². The van der Waals surface area contributed by atoms with Crippen molar-refractivity contribution in [3.8, 4) is 0 Å². The van der Waals surface area contributed by atoms with Crippen LogP contribution >= 0.6 is 27.5 Å². The van der Waals surface area contributed by atoms with E-state index in [9.17, 15) is 4.79 Å². The average molecular weight is 487 g/mol. The van der Waals surface area contributed by atoms with E-state index in [1.165, 1.54) is 6.20 Å². The number of carbonyl (C=O) groups excluding carboxylic acids is 1. The van der Waals surface area contributed by atoms with Gasteiger partial charge in [0, 0.05) is 0 Å². The predicted molar refractivity (Wildman–Crippen MR) is 53.1 cm³/mol. The first-order chi connectivity index (χ1) is 5.27. The van der Waals surface area contributed by atoms with E-state index in [1.807, 2.05) is 0 Å². The predicted octanol–water partition coefficient (Wildman–Crippen LogP) is 2.54. The summed E-state index contributed by atoms with van der Waals surface area (Å²) in [7, 11) is 0. The molecular weight excluding hydrogens is 479 g/mol. The minimum Gasteiger partial charge on any atom is -0.376 e. The van der Waals surface area contributed by atoms with Gasteiger partial charge in [0.25, 0.3) is 0 Å². The van der Waals surface area contributed by atoms with Crippen LogP contribution in [0, 0.1) is 38.5 Å². The molecule has 0 spiro atoms. The van der Waals surface area contributed by atoms with Crippen molar-refractivity contribution in [1.82, 2.24) is 4.98 Å². The Bertz CT molecular complexity index is 283. The van der Waals surface area contributed by atoms with Crippen molar-refractivity contribution in [3.63, 3.8) is 0 Å². The van der Waals surface area contributed by atoms with Crippen molar-refractivity contribution in [3.05, 3.63) is 36.0 Å². The Morgan fingerprint density at radius 3 is 2.69 bits per heavy atom. The van der Waals surface area contributed by atoms with E-state index >= 15 is 0 Å². The number of hydrogen-bond donors (Lipinski definition) is 0. The van der Waals surface area contributed by atoms with E-state index in [1.54, 1.807) is 12.4 Å². The zero-order valence-electron chi connectivity index (χ0n) is 6.97. The van der Waals surface area contributed by atoms with Crippen molar-refractivity contribution in [1.29, 1.82) is 0 Å². The van der Waals surface area contributed by atoms with Crippen LogP contribution in [-0.2, 0) is 10.1 Å². The number of pyridine rings is 1. The molecule has 0 N–H and O–H groups in total. The van der Waals surface area contributed by atoms with Crippen LogP contribution in [0.5, 0.6) is 0 Å². The second-order valence-electron chi connectivity index (χ2n) is 1.90. The van der Waals surface area contributed by atoms with Crippen molar-refractivity contribution >= 4 is 33.8 Å². The minimum absolute atomic E-state index is 0. The number of aromatic nitrogens is 1. The Labute approximate surface area is 115 Å². The summed E-state index contributed by atoms with van der Waals surface area (Å²) < 4.78 is 0. The largest absolute Gasteiger partial charge is 3.00 e. The molecule has 0 aliphatic carbocycles. The number of nitrogens with zero attached hydrogens (tertiary/aromatic N) is 1. The maximum absolute atomic E-state index is 10.3. The van der Waals surface area contributed by atoms with Gasteiger partial charge in [0.15, 0.2) is 0 Å². The maximum Gasteiger partial charge on any atom is 3.00 e. The first-order valence-corrected chi connectivity index (χ1v) is 4.36. The fraction of sp³-hybridized carbons (Fsp3) is 0.125. The fourth-order valence-electron chi connectivity index (χ4n) is 0.670. The third kappa shape index (κ3) is 4.60. The van der Waals surface area contributed by atoms with Crippen LogP contribution < -0.4 is 0 Å². The summed E-state index contributed by atoms with van der Waals surface area (Å²) in [5, 5.41) is 0.971. The summed E-state index contributed by atoms with van der Waals surface area (Å²) in [6.45, 7) is 0. The van der Waals surface area contributed by atoms with Gasteiger partial charge in [-0.25, -0.2) is 0 Å². The summed E-state index contributed by atoms with van der Waals surface area (Å²) in [6, 6.07) is 1.64. The third-order valence-electron chi connectivity index (χ3n) is 1.21. The summed E-state index contributed by atoms with van der Waals surface area (Å²) >= 11 is 8.81. The molecular formula is C8H7BrClNOU+. The van der Waals surface area contributed by atoms with Crippen LogP contribution in [0.4, 0.5) is 0 Å². The molecule has 0 aliphatic heterocycles. The molecule has 0 aromatic carbocycles. The van der Waals surface area contributed by atoms with Crippen LogP contribution in [-0.4, -0.2) is 11.3 Å². The van der Waals surface area contributed by atoms with E-state index < -0.39 is 0 Å². The Kier molecular flexibility index (Phi) is 9.89. The molecule has 13 heavy (non-hydrogen) atoms. The number of rotatable bonds is 2. The summed E-state index contributed by atoms with van der Waals surface area (Å²) in [6.07, 6.45) is 3.18. The molecule has 67 valence electrons. The van der Waals surface area contributed by atoms with Crippen molar-refractivity contribution in [2.24, 2.45) is 0 Å². The normalized spacial score (nSPS) is 8.15. The van der Waals surface area contributed by atoms with Gasteiger partial charge in [-0.05, 0) is 5.33 Å². The van der Waals surface area contributed by atoms with E-state index in [0.29, 0.717) is 16.0 Å². The van der Waals surface area contributed by atoms with Crippen molar-refractivity contribution < 1.29 is 35.9 Å². The average Bonchev–Trinajstić information content (AvgIpc) is 2.04. The van der Waals surface area contributed by atoms with E-state index in [4.69, 9.17) is 11.6 Å². The second-order valence-corrected chi connectivity index (χ2v) is 2.85. The van der Waals surface area contributed by atoms with Gasteiger partial charge in [0.2, 0.25) is 0 Å². The Morgan fingerprint density at radius 2 is 2.23 bits per heavy atom. The molecule has 5 heteroatoms. The molecule has 1 rings (SSSR count). The monoisotopic (exact) mass is 485 g/mol. The van der Waals surface area contributed by atoms with E-state index in [0.717, 1.165) is 5.56 Å². The molecule has 0 unspecified atom stereocenters. The smallest absolute Gasteiger partial charge is 0.376 e. The minimum atomic E-state index is 0. The first kappa shape index (κ1) is 16.1. The molecule has 1 aromatic rings. The van der Waals surface area contributed by atoms with Crippen molar-refractivity contribution in [2.75, 3.05) is 0 Å². The molecule has 0 atom stereocenters. The summed E-state index contributed by atoms with van der Waals surface area (Å²) in [5.74, 6) is 0. The van der Waals surface area contributed by atoms with E-state index in [-0.39, 0.29) is 38.5 Å². The van der Waals surface area contributed by atoms with Crippen LogP contribution in [0.2, 0.25) is 5.15 Å². The number of hydrogen-bond acceptors (Lipinski definition) is 2. The van der Waals surface area contributed by atoms with Crippen LogP contribution in [0.15, 0.2) is 12.3 Å². The van der Waals surface area contributed by atoms with Gasteiger partial charge in [-0.1, -0.05) is 23.9 Å². The molecule has 0 fully saturated rings. The molecule has 2 nitrogen and oxygen atoms in total. The van der Waals surface area contributed by atoms with Gasteiger partial charge < -0.3 is 17.2 Å². The van der Waals surface area contributed by atoms with Crippen LogP contribution in [0.25, 0.3) is 0 Å². The van der Waals surface area contributed by atoms with Crippen LogP contribution in [0.3, 0.4) is 0 Å². The Balaban J connectivity index is 0. The zero-order chi connectivity index (χ0) is 8.27. The molecule has 1 heterocycles. The maximum atomic E-state index is 10.3. The number of alkyl halides is 1. The van der Waals surface area contributed by atoms with Gasteiger partial charge in [-0.15, -0.1) is 27.1 Å². The molecule has 1 aromatic heterocycles. The van der Waals surface area contributed by atoms with Gasteiger partial charge in [-0.3, -0.25) is 0 Å². The zero-order valence-corrected chi connectivity index (χ0v) is 13.5. The third-order valence-corrected chi connectivity index (χ3v) is 2.02. The molecule has 1 radical (unpaired) electrons. The Morgan fingerprint density at radius 1 is 1.62 bits per heavy atom. The molecule has 0 saturated heterocycles. The standard InChI is InChI=1S/C7H4BrClNO.CH3.U/c8-2-5-1-7(9)10-3-6(5)4-11;;/h1,3H,2H2;1H3;/q2*-1;+3. The molecule has 0 aliphatic rings. The quantitative estimate of drug-likeness (QED) is 0.366. The van der Waals surface area contributed by atoms with Crippen molar-refractivity contribution in [2.45, 2.75) is 5.33 Å². The molecule has 0 amide bonds. The molecule has 0 saturated carbocycles. The molecule has 0 bridgehead atoms.